The number of likely N-dealkylation sites (N-methyl/N-ethyl adjacent to an activating group) is 1. The predicted molar refractivity (Wildman–Crippen MR) is 155 cm³/mol. The number of hydrogen-bond donors (Lipinski definition) is 1. The molecule has 0 radical (unpaired) electrons. The molecule has 4 nitrogen and oxygen atoms in total. The highest BCUT2D eigenvalue weighted by Gasteiger charge is 2.27. The zero-order valence-electron chi connectivity index (χ0n) is 21.5. The van der Waals surface area contributed by atoms with Gasteiger partial charge in [0.25, 0.3) is 5.91 Å². The second-order valence-electron chi connectivity index (χ2n) is 9.26. The third-order valence-corrected chi connectivity index (χ3v) is 8.17. The number of nitrogens with zero attached hydrogens (tertiary/aromatic N) is 2. The Labute approximate surface area is 220 Å². The first kappa shape index (κ1) is 26.0. The zero-order valence-corrected chi connectivity index (χ0v) is 22.3. The lowest BCUT2D eigenvalue weighted by Crippen LogP contribution is -2.34. The van der Waals surface area contributed by atoms with Crippen molar-refractivity contribution in [1.29, 1.82) is 0 Å². The third kappa shape index (κ3) is 6.19. The summed E-state index contributed by atoms with van der Waals surface area (Å²) in [5, 5.41) is 3.11. The topological polar surface area (TPSA) is 44.7 Å². The summed E-state index contributed by atoms with van der Waals surface area (Å²) in [6, 6.07) is 16.2. The molecule has 0 atom stereocenters. The molecule has 1 heterocycles. The van der Waals surface area contributed by atoms with Crippen molar-refractivity contribution in [2.75, 3.05) is 24.5 Å². The molecule has 2 aromatic carbocycles. The van der Waals surface area contributed by atoms with Gasteiger partial charge in [-0.05, 0) is 57.0 Å². The molecular weight excluding hydrogens is 462 g/mol. The number of allylic oxidation sites excluding steroid dienone is 4. The summed E-state index contributed by atoms with van der Waals surface area (Å²) in [4.78, 5) is 22.8. The van der Waals surface area contributed by atoms with Crippen LogP contribution in [0.1, 0.15) is 56.3 Å². The first-order valence-electron chi connectivity index (χ1n) is 13.1. The van der Waals surface area contributed by atoms with E-state index in [1.54, 1.807) is 11.8 Å². The number of amides is 1. The Balaban J connectivity index is 1.55. The fraction of sp³-hybridized carbons (Fsp3) is 0.355. The van der Waals surface area contributed by atoms with Crippen molar-refractivity contribution >= 4 is 34.8 Å². The van der Waals surface area contributed by atoms with Gasteiger partial charge in [0.05, 0.1) is 11.4 Å². The van der Waals surface area contributed by atoms with E-state index in [1.165, 1.54) is 48.3 Å². The molecular formula is C31H37N3OS. The van der Waals surface area contributed by atoms with E-state index in [0.717, 1.165) is 29.4 Å². The highest BCUT2D eigenvalue weighted by atomic mass is 32.2. The number of hydrogen-bond acceptors (Lipinski definition) is 4. The summed E-state index contributed by atoms with van der Waals surface area (Å²) in [7, 11) is 0. The Bertz CT molecular complexity index is 1160. The largest absolute Gasteiger partial charge is 0.370 e. The van der Waals surface area contributed by atoms with Gasteiger partial charge in [-0.1, -0.05) is 74.0 Å². The zero-order chi connectivity index (χ0) is 25.3. The smallest absolute Gasteiger partial charge is 0.251 e. The Morgan fingerprint density at radius 3 is 2.64 bits per heavy atom. The molecule has 1 saturated carbocycles. The van der Waals surface area contributed by atoms with Crippen molar-refractivity contribution in [3.63, 3.8) is 0 Å². The number of fused-ring (bicyclic) bond motifs is 1. The molecule has 1 fully saturated rings. The third-order valence-electron chi connectivity index (χ3n) is 6.93. The van der Waals surface area contributed by atoms with E-state index in [-0.39, 0.29) is 5.91 Å². The van der Waals surface area contributed by atoms with E-state index in [9.17, 15) is 4.79 Å². The predicted octanol–water partition coefficient (Wildman–Crippen LogP) is 7.72. The second kappa shape index (κ2) is 12.8. The minimum absolute atomic E-state index is 0.0568. The Morgan fingerprint density at radius 2 is 1.94 bits per heavy atom. The van der Waals surface area contributed by atoms with Crippen LogP contribution in [0.4, 0.5) is 11.4 Å². The quantitative estimate of drug-likeness (QED) is 0.404. The van der Waals surface area contributed by atoms with Crippen LogP contribution in [0.2, 0.25) is 0 Å². The molecule has 188 valence electrons. The van der Waals surface area contributed by atoms with Crippen LogP contribution in [0.5, 0.6) is 0 Å². The molecule has 2 aromatic rings. The van der Waals surface area contributed by atoms with Gasteiger partial charge in [-0.2, -0.15) is 0 Å². The normalized spacial score (nSPS) is 18.3. The number of carbonyl (C=O) groups is 1. The Kier molecular flexibility index (Phi) is 9.23. The van der Waals surface area contributed by atoms with E-state index >= 15 is 0 Å². The average Bonchev–Trinajstić information content (AvgIpc) is 3.08. The van der Waals surface area contributed by atoms with Gasteiger partial charge in [-0.15, -0.1) is 0 Å². The van der Waals surface area contributed by atoms with E-state index < -0.39 is 0 Å². The van der Waals surface area contributed by atoms with Gasteiger partial charge >= 0.3 is 0 Å². The first-order chi connectivity index (χ1) is 17.6. The fourth-order valence-corrected chi connectivity index (χ4v) is 6.01. The maximum absolute atomic E-state index is 13.1. The number of rotatable bonds is 8. The van der Waals surface area contributed by atoms with Crippen LogP contribution in [-0.4, -0.2) is 31.3 Å². The number of aliphatic imine (C=N–C) groups is 1. The van der Waals surface area contributed by atoms with Crippen LogP contribution in [-0.2, 0) is 0 Å². The fourth-order valence-electron chi connectivity index (χ4n) is 5.02. The highest BCUT2D eigenvalue weighted by Crippen LogP contribution is 2.44. The van der Waals surface area contributed by atoms with Crippen LogP contribution >= 0.6 is 11.8 Å². The van der Waals surface area contributed by atoms with Gasteiger partial charge in [0.2, 0.25) is 0 Å². The second-order valence-corrected chi connectivity index (χ2v) is 10.3. The molecule has 5 heteroatoms. The van der Waals surface area contributed by atoms with E-state index in [1.807, 2.05) is 42.5 Å². The molecule has 4 rings (SSSR count). The highest BCUT2D eigenvalue weighted by molar-refractivity contribution is 8.03. The van der Waals surface area contributed by atoms with Crippen molar-refractivity contribution in [3.05, 3.63) is 89.4 Å². The van der Waals surface area contributed by atoms with E-state index in [2.05, 4.69) is 54.9 Å². The molecule has 1 aliphatic heterocycles. The lowest BCUT2D eigenvalue weighted by Gasteiger charge is -2.25. The van der Waals surface area contributed by atoms with Gasteiger partial charge in [-0.3, -0.25) is 9.79 Å². The van der Waals surface area contributed by atoms with Crippen LogP contribution in [0.15, 0.2) is 93.7 Å². The van der Waals surface area contributed by atoms with E-state index in [0.29, 0.717) is 18.0 Å². The SMILES string of the molecule is C=C/C=C1/C(C2CCCCC2)=Nc2cc(C(=O)NCCN(CC)c3ccccc3)ccc2S/C1=C/C. The van der Waals surface area contributed by atoms with Gasteiger partial charge in [0.1, 0.15) is 0 Å². The van der Waals surface area contributed by atoms with Gasteiger partial charge < -0.3 is 10.2 Å². The minimum atomic E-state index is -0.0568. The molecule has 0 unspecified atom stereocenters. The molecule has 1 aliphatic carbocycles. The van der Waals surface area contributed by atoms with Gasteiger partial charge in [-0.25, -0.2) is 0 Å². The molecule has 2 aliphatic rings. The van der Waals surface area contributed by atoms with Crippen LogP contribution in [0, 0.1) is 5.92 Å². The number of carbonyl (C=O) groups excluding carboxylic acids is 1. The summed E-state index contributed by atoms with van der Waals surface area (Å²) < 4.78 is 0. The number of benzene rings is 2. The minimum Gasteiger partial charge on any atom is -0.370 e. The molecule has 0 bridgehead atoms. The summed E-state index contributed by atoms with van der Waals surface area (Å²) in [6.45, 7) is 10.4. The summed E-state index contributed by atoms with van der Waals surface area (Å²) in [5.74, 6) is 0.389. The summed E-state index contributed by atoms with van der Waals surface area (Å²) >= 11 is 1.73. The van der Waals surface area contributed by atoms with E-state index in [4.69, 9.17) is 4.99 Å². The summed E-state index contributed by atoms with van der Waals surface area (Å²) in [5.41, 5.74) is 5.03. The van der Waals surface area contributed by atoms with Crippen LogP contribution < -0.4 is 10.2 Å². The molecule has 1 amide bonds. The molecule has 36 heavy (non-hydrogen) atoms. The summed E-state index contributed by atoms with van der Waals surface area (Å²) in [6.07, 6.45) is 12.3. The number of anilines is 1. The molecule has 1 N–H and O–H groups in total. The molecule has 0 aromatic heterocycles. The van der Waals surface area contributed by atoms with Crippen LogP contribution in [0.3, 0.4) is 0 Å². The lowest BCUT2D eigenvalue weighted by atomic mass is 9.82. The standard InChI is InChI=1S/C31H37N3OS/c1-4-13-26-28(5-2)36-29-19-18-24(22-27(29)33-30(26)23-14-9-7-10-15-23)31(35)32-20-21-34(6-3)25-16-11-8-12-17-25/h4-5,8,11-13,16-19,22-23H,1,6-7,9-10,14-15,20-21H2,2-3H3,(H,32,35)/b26-13+,28-5+. The number of para-hydroxylation sites is 1. The lowest BCUT2D eigenvalue weighted by molar-refractivity contribution is 0.0954. The van der Waals surface area contributed by atoms with Crippen molar-refractivity contribution < 1.29 is 4.79 Å². The van der Waals surface area contributed by atoms with Crippen molar-refractivity contribution in [3.8, 4) is 0 Å². The maximum atomic E-state index is 13.1. The van der Waals surface area contributed by atoms with Crippen molar-refractivity contribution in [2.24, 2.45) is 10.9 Å². The van der Waals surface area contributed by atoms with Gasteiger partial charge in [0, 0.05) is 52.2 Å². The molecule has 0 spiro atoms. The first-order valence-corrected chi connectivity index (χ1v) is 13.9. The molecule has 0 saturated heterocycles. The Morgan fingerprint density at radius 1 is 1.17 bits per heavy atom. The number of nitrogens with one attached hydrogen (secondary N) is 1. The van der Waals surface area contributed by atoms with Gasteiger partial charge in [0.15, 0.2) is 0 Å². The van der Waals surface area contributed by atoms with Crippen molar-refractivity contribution in [2.45, 2.75) is 50.8 Å². The Hall–Kier alpha value is -3.05. The average molecular weight is 500 g/mol. The number of thioether (sulfide) groups is 1. The van der Waals surface area contributed by atoms with Crippen LogP contribution in [0.25, 0.3) is 0 Å². The monoisotopic (exact) mass is 499 g/mol. The van der Waals surface area contributed by atoms with Crippen molar-refractivity contribution in [1.82, 2.24) is 5.32 Å². The maximum Gasteiger partial charge on any atom is 0.251 e.